The predicted octanol–water partition coefficient (Wildman–Crippen LogP) is 12.1. The molecule has 0 amide bonds. The first-order valence-electron chi connectivity index (χ1n) is 20.9. The molecule has 0 unspecified atom stereocenters. The minimum Gasteiger partial charge on any atom is -0.455 e. The SMILES string of the molecule is [2H]c1cc([2H])c2c(c1[2H])c1c([2H])c([2H])c([2H])c([2H])c1n2-c1ccccc1-c1nc(-c2cccc(-c3cccc4c3oc3ccccc34)c2)nc(-c2cccc3cnccc23)n1. The highest BCUT2D eigenvalue weighted by Gasteiger charge is 2.20. The van der Waals surface area contributed by atoms with Crippen molar-refractivity contribution in [2.24, 2.45) is 0 Å². The number of aromatic nitrogens is 5. The van der Waals surface area contributed by atoms with E-state index in [2.05, 4.69) is 11.1 Å². The zero-order valence-electron chi connectivity index (χ0n) is 35.3. The van der Waals surface area contributed by atoms with E-state index in [1.165, 1.54) is 6.07 Å². The van der Waals surface area contributed by atoms with E-state index in [0.29, 0.717) is 28.5 Å². The first kappa shape index (κ1) is 23.9. The predicted molar refractivity (Wildman–Crippen MR) is 218 cm³/mol. The number of nitrogens with zero attached hydrogens (tertiary/aromatic N) is 5. The Labute approximate surface area is 319 Å². The number of hydrogen-bond acceptors (Lipinski definition) is 5. The summed E-state index contributed by atoms with van der Waals surface area (Å²) in [6.07, 6.45) is 3.50. The van der Waals surface area contributed by atoms with Gasteiger partial charge >= 0.3 is 0 Å². The topological polar surface area (TPSA) is 69.6 Å². The van der Waals surface area contributed by atoms with E-state index >= 15 is 0 Å². The normalized spacial score (nSPS) is 13.5. The zero-order valence-corrected chi connectivity index (χ0v) is 28.3. The summed E-state index contributed by atoms with van der Waals surface area (Å²) in [7, 11) is 0. The molecular weight excluding hydrogens is 663 g/mol. The van der Waals surface area contributed by atoms with Gasteiger partial charge in [-0.1, -0.05) is 121 Å². The van der Waals surface area contributed by atoms with Crippen molar-refractivity contribution < 1.29 is 14.0 Å². The van der Waals surface area contributed by atoms with Gasteiger partial charge in [-0.3, -0.25) is 4.98 Å². The molecule has 0 bridgehead atoms. The standard InChI is InChI=1S/C48H29N5O/c1-5-22-41-35(15-1)36-16-2-6-23-42(36)53(41)43-24-7-3-18-40(43)48-51-46(50-47(52-48)39-21-10-14-32-29-49-27-26-33(32)39)31-13-9-12-30(28-31)34-19-11-20-38-37-17-4-8-25-44(37)54-45(34)38/h1-29H/i1D,2D,5D,15D,16D,22D,23D. The molecule has 4 aromatic heterocycles. The second-order valence-electron chi connectivity index (χ2n) is 12.9. The van der Waals surface area contributed by atoms with E-state index in [-0.39, 0.29) is 57.8 Å². The Bertz CT molecular complexity index is 3650. The molecule has 54 heavy (non-hydrogen) atoms. The molecule has 0 aliphatic carbocycles. The molecule has 11 aromatic rings. The number of rotatable bonds is 5. The molecule has 0 atom stereocenters. The van der Waals surface area contributed by atoms with Crippen molar-refractivity contribution in [3.8, 4) is 51.0 Å². The number of hydrogen-bond donors (Lipinski definition) is 0. The highest BCUT2D eigenvalue weighted by atomic mass is 16.3. The van der Waals surface area contributed by atoms with Crippen LogP contribution in [0.25, 0.3) is 105 Å². The lowest BCUT2D eigenvalue weighted by Gasteiger charge is -2.15. The van der Waals surface area contributed by atoms with E-state index < -0.39 is 12.1 Å². The molecule has 0 aliphatic rings. The number of furan rings is 1. The van der Waals surface area contributed by atoms with Gasteiger partial charge in [0.15, 0.2) is 17.5 Å². The van der Waals surface area contributed by atoms with Crippen molar-refractivity contribution in [2.75, 3.05) is 0 Å². The average molecular weight is 699 g/mol. The molecule has 4 heterocycles. The first-order chi connectivity index (χ1) is 29.7. The Morgan fingerprint density at radius 1 is 0.500 bits per heavy atom. The van der Waals surface area contributed by atoms with Crippen LogP contribution in [0.2, 0.25) is 0 Å². The van der Waals surface area contributed by atoms with E-state index in [4.69, 9.17) is 29.0 Å². The molecular formula is C48H29N5O. The molecule has 0 aliphatic heterocycles. The number of fused-ring (bicyclic) bond motifs is 7. The van der Waals surface area contributed by atoms with Gasteiger partial charge in [0.1, 0.15) is 11.2 Å². The minimum atomic E-state index is -0.470. The van der Waals surface area contributed by atoms with Crippen molar-refractivity contribution in [3.63, 3.8) is 0 Å². The highest BCUT2D eigenvalue weighted by molar-refractivity contribution is 6.10. The Hall–Kier alpha value is -7.44. The fourth-order valence-electron chi connectivity index (χ4n) is 7.43. The van der Waals surface area contributed by atoms with Crippen LogP contribution in [0.15, 0.2) is 180 Å². The monoisotopic (exact) mass is 698 g/mol. The zero-order chi connectivity index (χ0) is 41.7. The second kappa shape index (κ2) is 12.1. The summed E-state index contributed by atoms with van der Waals surface area (Å²) in [6.45, 7) is 0. The van der Waals surface area contributed by atoms with Crippen LogP contribution in [0.4, 0.5) is 0 Å². The van der Waals surface area contributed by atoms with Crippen LogP contribution in [0.1, 0.15) is 9.60 Å². The summed E-state index contributed by atoms with van der Waals surface area (Å²) >= 11 is 0. The smallest absolute Gasteiger partial charge is 0.166 e. The Kier molecular flexibility index (Phi) is 5.35. The van der Waals surface area contributed by atoms with Crippen molar-refractivity contribution in [1.29, 1.82) is 0 Å². The maximum Gasteiger partial charge on any atom is 0.166 e. The lowest BCUT2D eigenvalue weighted by Crippen LogP contribution is -2.04. The summed E-state index contributed by atoms with van der Waals surface area (Å²) < 4.78 is 69.8. The molecule has 252 valence electrons. The van der Waals surface area contributed by atoms with E-state index in [9.17, 15) is 0 Å². The molecule has 0 spiro atoms. The lowest BCUT2D eigenvalue weighted by atomic mass is 10.00. The second-order valence-corrected chi connectivity index (χ2v) is 12.9. The summed E-state index contributed by atoms with van der Waals surface area (Å²) in [6, 6.07) is 36.0. The van der Waals surface area contributed by atoms with Gasteiger partial charge in [-0.25, -0.2) is 15.0 Å². The van der Waals surface area contributed by atoms with E-state index in [1.807, 2.05) is 97.1 Å². The Morgan fingerprint density at radius 3 is 2.17 bits per heavy atom. The fourth-order valence-corrected chi connectivity index (χ4v) is 7.43. The van der Waals surface area contributed by atoms with Crippen LogP contribution in [0, 0.1) is 0 Å². The van der Waals surface area contributed by atoms with Gasteiger partial charge < -0.3 is 8.98 Å². The minimum absolute atomic E-state index is 0.0566. The Morgan fingerprint density at radius 2 is 1.20 bits per heavy atom. The average Bonchev–Trinajstić information content (AvgIpc) is 3.87. The van der Waals surface area contributed by atoms with Crippen molar-refractivity contribution in [2.45, 2.75) is 0 Å². The van der Waals surface area contributed by atoms with Crippen LogP contribution in [0.5, 0.6) is 0 Å². The molecule has 6 nitrogen and oxygen atoms in total. The molecule has 11 rings (SSSR count). The van der Waals surface area contributed by atoms with Crippen LogP contribution < -0.4 is 0 Å². The third-order valence-corrected chi connectivity index (χ3v) is 9.86. The van der Waals surface area contributed by atoms with Gasteiger partial charge in [0, 0.05) is 61.6 Å². The van der Waals surface area contributed by atoms with Gasteiger partial charge in [0.2, 0.25) is 0 Å². The van der Waals surface area contributed by atoms with E-state index in [1.54, 1.807) is 29.1 Å². The number of para-hydroxylation sites is 5. The molecule has 0 radical (unpaired) electrons. The van der Waals surface area contributed by atoms with Gasteiger partial charge in [0.25, 0.3) is 0 Å². The Balaban J connectivity index is 1.19. The van der Waals surface area contributed by atoms with Crippen LogP contribution in [0.3, 0.4) is 0 Å². The van der Waals surface area contributed by atoms with Gasteiger partial charge in [-0.05, 0) is 53.4 Å². The van der Waals surface area contributed by atoms with Crippen LogP contribution in [-0.2, 0) is 0 Å². The summed E-state index contributed by atoms with van der Waals surface area (Å²) in [4.78, 5) is 19.7. The molecule has 6 heteroatoms. The van der Waals surface area contributed by atoms with Crippen molar-refractivity contribution in [1.82, 2.24) is 24.5 Å². The number of benzene rings is 7. The largest absolute Gasteiger partial charge is 0.455 e. The maximum absolute atomic E-state index is 9.13. The quantitative estimate of drug-likeness (QED) is 0.179. The molecule has 0 saturated heterocycles. The molecule has 0 fully saturated rings. The fraction of sp³-hybridized carbons (Fsp3) is 0. The molecule has 0 N–H and O–H groups in total. The maximum atomic E-state index is 9.13. The lowest BCUT2D eigenvalue weighted by molar-refractivity contribution is 0.670. The number of pyridine rings is 1. The summed E-state index contributed by atoms with van der Waals surface area (Å²) in [5.41, 5.74) is 5.94. The summed E-state index contributed by atoms with van der Waals surface area (Å²) in [5.74, 6) is 1.02. The van der Waals surface area contributed by atoms with Gasteiger partial charge in [-0.15, -0.1) is 0 Å². The molecule has 0 saturated carbocycles. The van der Waals surface area contributed by atoms with Crippen LogP contribution >= 0.6 is 0 Å². The third kappa shape index (κ3) is 4.74. The van der Waals surface area contributed by atoms with Crippen LogP contribution in [-0.4, -0.2) is 24.5 Å². The van der Waals surface area contributed by atoms with Crippen molar-refractivity contribution >= 4 is 54.5 Å². The first-order valence-corrected chi connectivity index (χ1v) is 17.4. The highest BCUT2D eigenvalue weighted by Crippen LogP contribution is 2.39. The van der Waals surface area contributed by atoms with E-state index in [0.717, 1.165) is 49.4 Å². The third-order valence-electron chi connectivity index (χ3n) is 9.86. The van der Waals surface area contributed by atoms with Crippen molar-refractivity contribution in [3.05, 3.63) is 176 Å². The molecule has 7 aromatic carbocycles. The van der Waals surface area contributed by atoms with Gasteiger partial charge in [-0.2, -0.15) is 0 Å². The van der Waals surface area contributed by atoms with Gasteiger partial charge in [0.05, 0.1) is 26.3 Å². The summed E-state index contributed by atoms with van der Waals surface area (Å²) in [5, 5.41) is 3.96.